The molecule has 0 bridgehead atoms. The highest BCUT2D eigenvalue weighted by molar-refractivity contribution is 7.84. The van der Waals surface area contributed by atoms with Gasteiger partial charge in [-0.15, -0.1) is 0 Å². The molecule has 8 nitrogen and oxygen atoms in total. The van der Waals surface area contributed by atoms with Crippen LogP contribution in [0.25, 0.3) is 10.8 Å². The molecule has 0 radical (unpaired) electrons. The van der Waals surface area contributed by atoms with Gasteiger partial charge in [-0.25, -0.2) is 4.39 Å². The second-order valence-corrected chi connectivity index (χ2v) is 14.5. The van der Waals surface area contributed by atoms with Gasteiger partial charge in [0.15, 0.2) is 0 Å². The molecule has 0 saturated carbocycles. The molecule has 1 aliphatic heterocycles. The summed E-state index contributed by atoms with van der Waals surface area (Å²) in [5.74, 6) is -1.43. The summed E-state index contributed by atoms with van der Waals surface area (Å²) in [6, 6.07) is 21.0. The number of likely N-dealkylation sites (tertiary alicyclic amines) is 1. The molecule has 0 N–H and O–H groups in total. The van der Waals surface area contributed by atoms with Crippen molar-refractivity contribution in [1.82, 2.24) is 9.80 Å². The fourth-order valence-corrected chi connectivity index (χ4v) is 7.88. The standard InChI is InChI=1S/C38H38Cl2FN3O5S/c1-48-35(45)23-44(38(46)36-31-7-5-4-6-26(31)18-28(21-42)37(36)49-2)22-27(25-8-11-32(39)33(40)19-25)14-17-43-15-12-24(13-16-43)30-10-9-29(41)20-34(30)50(3)47/h4-11,18-20,24,27H,12-17,22-23H2,1-3H3. The van der Waals surface area contributed by atoms with E-state index in [0.29, 0.717) is 38.7 Å². The van der Waals surface area contributed by atoms with Crippen LogP contribution in [-0.4, -0.2) is 79.1 Å². The number of methoxy groups -OCH3 is 2. The molecule has 50 heavy (non-hydrogen) atoms. The summed E-state index contributed by atoms with van der Waals surface area (Å²) in [6.07, 6.45) is 3.83. The Hall–Kier alpha value is -4.01. The first kappa shape index (κ1) is 37.3. The number of hydrogen-bond donors (Lipinski definition) is 0. The molecule has 1 amide bonds. The third-order valence-corrected chi connectivity index (χ3v) is 11.0. The third-order valence-electron chi connectivity index (χ3n) is 9.34. The number of nitriles is 1. The maximum atomic E-state index is 14.5. The predicted molar refractivity (Wildman–Crippen MR) is 194 cm³/mol. The summed E-state index contributed by atoms with van der Waals surface area (Å²) in [4.78, 5) is 31.6. The lowest BCUT2D eigenvalue weighted by molar-refractivity contribution is -0.141. The molecule has 2 unspecified atom stereocenters. The lowest BCUT2D eigenvalue weighted by Gasteiger charge is -2.34. The number of carbonyl (C=O) groups is 2. The molecule has 5 rings (SSSR count). The van der Waals surface area contributed by atoms with Gasteiger partial charge in [0.2, 0.25) is 0 Å². The van der Waals surface area contributed by atoms with E-state index in [4.69, 9.17) is 32.7 Å². The quantitative estimate of drug-likeness (QED) is 0.138. The van der Waals surface area contributed by atoms with Crippen LogP contribution in [0.2, 0.25) is 10.0 Å². The number of hydrogen-bond acceptors (Lipinski definition) is 7. The maximum absolute atomic E-state index is 14.5. The first-order chi connectivity index (χ1) is 24.0. The van der Waals surface area contributed by atoms with Crippen molar-refractivity contribution < 1.29 is 27.7 Å². The van der Waals surface area contributed by atoms with Crippen molar-refractivity contribution in [3.63, 3.8) is 0 Å². The normalized spacial score (nSPS) is 14.9. The summed E-state index contributed by atoms with van der Waals surface area (Å²) in [6.45, 7) is 2.05. The number of fused-ring (bicyclic) bond motifs is 1. The molecular weight excluding hydrogens is 700 g/mol. The molecule has 4 aromatic carbocycles. The summed E-state index contributed by atoms with van der Waals surface area (Å²) >= 11 is 12.8. The van der Waals surface area contributed by atoms with Gasteiger partial charge < -0.3 is 19.3 Å². The lowest BCUT2D eigenvalue weighted by Crippen LogP contribution is -2.40. The van der Waals surface area contributed by atoms with Crippen LogP contribution in [0.4, 0.5) is 4.39 Å². The molecule has 0 spiro atoms. The number of piperidine rings is 1. The van der Waals surface area contributed by atoms with E-state index in [-0.39, 0.29) is 41.8 Å². The van der Waals surface area contributed by atoms with Gasteiger partial charge >= 0.3 is 5.97 Å². The number of amides is 1. The largest absolute Gasteiger partial charge is 0.495 e. The van der Waals surface area contributed by atoms with E-state index in [1.165, 1.54) is 31.3 Å². The molecule has 12 heteroatoms. The zero-order valence-corrected chi connectivity index (χ0v) is 30.4. The zero-order valence-electron chi connectivity index (χ0n) is 28.1. The molecular formula is C38H38Cl2FN3O5S. The first-order valence-electron chi connectivity index (χ1n) is 16.2. The van der Waals surface area contributed by atoms with Gasteiger partial charge in [0.25, 0.3) is 5.91 Å². The average Bonchev–Trinajstić information content (AvgIpc) is 3.12. The van der Waals surface area contributed by atoms with Gasteiger partial charge in [0, 0.05) is 23.6 Å². The van der Waals surface area contributed by atoms with Gasteiger partial charge in [-0.2, -0.15) is 5.26 Å². The Labute approximate surface area is 304 Å². The number of ether oxygens (including phenoxy) is 2. The Morgan fingerprint density at radius 3 is 2.46 bits per heavy atom. The molecule has 2 atom stereocenters. The Balaban J connectivity index is 1.43. The molecule has 4 aromatic rings. The van der Waals surface area contributed by atoms with Crippen LogP contribution < -0.4 is 4.74 Å². The van der Waals surface area contributed by atoms with Gasteiger partial charge in [-0.3, -0.25) is 13.8 Å². The molecule has 0 aliphatic carbocycles. The van der Waals surface area contributed by atoms with E-state index in [1.54, 1.807) is 42.7 Å². The molecule has 1 saturated heterocycles. The van der Waals surface area contributed by atoms with Crippen molar-refractivity contribution in [2.24, 2.45) is 0 Å². The van der Waals surface area contributed by atoms with E-state index in [0.717, 1.165) is 37.1 Å². The molecule has 0 aromatic heterocycles. The first-order valence-corrected chi connectivity index (χ1v) is 18.5. The smallest absolute Gasteiger partial charge is 0.325 e. The highest BCUT2D eigenvalue weighted by atomic mass is 35.5. The van der Waals surface area contributed by atoms with E-state index >= 15 is 0 Å². The maximum Gasteiger partial charge on any atom is 0.325 e. The van der Waals surface area contributed by atoms with Gasteiger partial charge in [0.1, 0.15) is 24.2 Å². The molecule has 1 aliphatic rings. The van der Waals surface area contributed by atoms with Gasteiger partial charge in [-0.05, 0) is 97.0 Å². The Bertz CT molecular complexity index is 1960. The van der Waals surface area contributed by atoms with Crippen LogP contribution in [0, 0.1) is 17.1 Å². The van der Waals surface area contributed by atoms with Crippen molar-refractivity contribution in [3.8, 4) is 11.8 Å². The van der Waals surface area contributed by atoms with Gasteiger partial charge in [-0.1, -0.05) is 59.6 Å². The third kappa shape index (κ3) is 8.47. The van der Waals surface area contributed by atoms with Crippen molar-refractivity contribution in [1.29, 1.82) is 5.26 Å². The van der Waals surface area contributed by atoms with E-state index < -0.39 is 28.5 Å². The van der Waals surface area contributed by atoms with Crippen molar-refractivity contribution >= 4 is 56.7 Å². The molecule has 1 fully saturated rings. The fraction of sp³-hybridized carbons (Fsp3) is 0.342. The zero-order chi connectivity index (χ0) is 35.9. The van der Waals surface area contributed by atoms with E-state index in [1.807, 2.05) is 18.2 Å². The number of benzene rings is 4. The number of rotatable bonds is 12. The van der Waals surface area contributed by atoms with Crippen molar-refractivity contribution in [2.45, 2.75) is 36.0 Å². The number of esters is 1. The van der Waals surface area contributed by atoms with Crippen molar-refractivity contribution in [3.05, 3.63) is 105 Å². The van der Waals surface area contributed by atoms with E-state index in [2.05, 4.69) is 11.0 Å². The monoisotopic (exact) mass is 737 g/mol. The minimum absolute atomic E-state index is 0.135. The predicted octanol–water partition coefficient (Wildman–Crippen LogP) is 7.57. The number of carbonyl (C=O) groups excluding carboxylic acids is 2. The minimum atomic E-state index is -1.30. The van der Waals surface area contributed by atoms with Crippen LogP contribution in [0.15, 0.2) is 71.6 Å². The van der Waals surface area contributed by atoms with Crippen LogP contribution >= 0.6 is 23.2 Å². The van der Waals surface area contributed by atoms with Crippen LogP contribution in [0.3, 0.4) is 0 Å². The summed E-state index contributed by atoms with van der Waals surface area (Å²) < 4.78 is 36.9. The minimum Gasteiger partial charge on any atom is -0.495 e. The molecule has 1 heterocycles. The highest BCUT2D eigenvalue weighted by Crippen LogP contribution is 2.36. The summed E-state index contributed by atoms with van der Waals surface area (Å²) in [5.41, 5.74) is 2.17. The number of nitrogens with zero attached hydrogens (tertiary/aromatic N) is 3. The average molecular weight is 739 g/mol. The highest BCUT2D eigenvalue weighted by Gasteiger charge is 2.30. The van der Waals surface area contributed by atoms with Gasteiger partial charge in [0.05, 0.1) is 46.2 Å². The Morgan fingerprint density at radius 1 is 1.06 bits per heavy atom. The Kier molecular flexibility index (Phi) is 12.5. The second-order valence-electron chi connectivity index (χ2n) is 12.3. The van der Waals surface area contributed by atoms with Crippen LogP contribution in [-0.2, 0) is 20.3 Å². The summed E-state index contributed by atoms with van der Waals surface area (Å²) in [5, 5.41) is 12.0. The topological polar surface area (TPSA) is 99.9 Å². The van der Waals surface area contributed by atoms with Crippen LogP contribution in [0.1, 0.15) is 58.1 Å². The van der Waals surface area contributed by atoms with E-state index in [9.17, 15) is 23.5 Å². The lowest BCUT2D eigenvalue weighted by atomic mass is 9.88. The molecule has 262 valence electrons. The Morgan fingerprint density at radius 2 is 1.80 bits per heavy atom. The fourth-order valence-electron chi connectivity index (χ4n) is 6.73. The SMILES string of the molecule is COC(=O)CN(CC(CCN1CCC(c2ccc(F)cc2S(C)=O)CC1)c1ccc(Cl)c(Cl)c1)C(=O)c1c(OC)c(C#N)cc2ccccc12. The summed E-state index contributed by atoms with van der Waals surface area (Å²) in [7, 11) is 1.38. The van der Waals surface area contributed by atoms with Crippen LogP contribution in [0.5, 0.6) is 5.75 Å². The number of halogens is 3. The van der Waals surface area contributed by atoms with Crippen molar-refractivity contribution in [2.75, 3.05) is 53.2 Å². The second kappa shape index (κ2) is 16.8.